The molecule has 0 unspecified atom stereocenters. The fraction of sp³-hybridized carbons (Fsp3) is 0.409. The first-order valence-electron chi connectivity index (χ1n) is 9.98. The number of halogens is 1. The number of aromatic nitrogens is 1. The van der Waals surface area contributed by atoms with Gasteiger partial charge in [0.1, 0.15) is 6.54 Å². The summed E-state index contributed by atoms with van der Waals surface area (Å²) in [5.41, 5.74) is 2.75. The molecule has 0 N–H and O–H groups in total. The lowest BCUT2D eigenvalue weighted by atomic mass is 10.0. The van der Waals surface area contributed by atoms with Crippen molar-refractivity contribution in [3.8, 4) is 0 Å². The van der Waals surface area contributed by atoms with Crippen LogP contribution in [0, 0.1) is 0 Å². The lowest BCUT2D eigenvalue weighted by molar-refractivity contribution is -0.141. The molecule has 7 nitrogen and oxygen atoms in total. The summed E-state index contributed by atoms with van der Waals surface area (Å²) in [6.07, 6.45) is 2.87. The van der Waals surface area contributed by atoms with Gasteiger partial charge < -0.3 is 14.2 Å². The first kappa shape index (κ1) is 22.1. The van der Waals surface area contributed by atoms with E-state index in [1.807, 2.05) is 54.2 Å². The number of rotatable bonds is 8. The predicted molar refractivity (Wildman–Crippen MR) is 116 cm³/mol. The molecular weight excluding hydrogens is 404 g/mol. The van der Waals surface area contributed by atoms with Crippen molar-refractivity contribution in [2.45, 2.75) is 25.8 Å². The van der Waals surface area contributed by atoms with Gasteiger partial charge in [-0.25, -0.2) is 5.01 Å². The number of amides is 2. The van der Waals surface area contributed by atoms with E-state index >= 15 is 0 Å². The molecule has 30 heavy (non-hydrogen) atoms. The van der Waals surface area contributed by atoms with E-state index in [1.54, 1.807) is 14.0 Å². The van der Waals surface area contributed by atoms with Crippen LogP contribution in [0.25, 0.3) is 0 Å². The lowest BCUT2D eigenvalue weighted by Crippen LogP contribution is -2.42. The quantitative estimate of drug-likeness (QED) is 0.645. The molecule has 0 saturated heterocycles. The van der Waals surface area contributed by atoms with E-state index in [0.717, 1.165) is 17.0 Å². The molecule has 1 atom stereocenters. The van der Waals surface area contributed by atoms with Crippen LogP contribution in [0.4, 0.5) is 0 Å². The van der Waals surface area contributed by atoms with Gasteiger partial charge in [-0.2, -0.15) is 5.10 Å². The topological polar surface area (TPSA) is 67.1 Å². The fourth-order valence-corrected chi connectivity index (χ4v) is 3.68. The lowest BCUT2D eigenvalue weighted by Gasteiger charge is -2.26. The van der Waals surface area contributed by atoms with E-state index < -0.39 is 0 Å². The van der Waals surface area contributed by atoms with Crippen molar-refractivity contribution in [1.82, 2.24) is 14.5 Å². The van der Waals surface area contributed by atoms with Gasteiger partial charge in [-0.15, -0.1) is 0 Å². The average Bonchev–Trinajstić information content (AvgIpc) is 3.37. The van der Waals surface area contributed by atoms with E-state index in [1.165, 1.54) is 9.91 Å². The molecule has 3 rings (SSSR count). The molecule has 1 aliphatic heterocycles. The third kappa shape index (κ3) is 4.91. The van der Waals surface area contributed by atoms with Crippen LogP contribution in [0.2, 0.25) is 5.02 Å². The summed E-state index contributed by atoms with van der Waals surface area (Å²) in [5.74, 6) is -0.314. The van der Waals surface area contributed by atoms with Crippen molar-refractivity contribution in [1.29, 1.82) is 0 Å². The number of carbonyl (C=O) groups is 2. The highest BCUT2D eigenvalue weighted by atomic mass is 35.5. The maximum absolute atomic E-state index is 13.2. The monoisotopic (exact) mass is 430 g/mol. The average molecular weight is 431 g/mol. The van der Waals surface area contributed by atoms with Crippen LogP contribution in [0.3, 0.4) is 0 Å². The SMILES string of the molecule is CCC(=O)N(CCOC)CC(=O)N1N=C(c2cccn2C)C[C@H]1c1ccc(Cl)cc1. The van der Waals surface area contributed by atoms with E-state index in [9.17, 15) is 9.59 Å². The van der Waals surface area contributed by atoms with E-state index in [0.29, 0.717) is 31.0 Å². The smallest absolute Gasteiger partial charge is 0.262 e. The van der Waals surface area contributed by atoms with Gasteiger partial charge in [-0.1, -0.05) is 30.7 Å². The number of nitrogens with zero attached hydrogens (tertiary/aromatic N) is 4. The highest BCUT2D eigenvalue weighted by molar-refractivity contribution is 6.30. The van der Waals surface area contributed by atoms with Gasteiger partial charge in [0.2, 0.25) is 5.91 Å². The summed E-state index contributed by atoms with van der Waals surface area (Å²) in [6.45, 7) is 2.48. The van der Waals surface area contributed by atoms with Gasteiger partial charge in [-0.05, 0) is 29.8 Å². The second-order valence-corrected chi connectivity index (χ2v) is 7.66. The number of hydrogen-bond acceptors (Lipinski definition) is 4. The molecule has 1 aromatic carbocycles. The largest absolute Gasteiger partial charge is 0.383 e. The number of benzene rings is 1. The number of hydrogen-bond donors (Lipinski definition) is 0. The molecule has 2 heterocycles. The predicted octanol–water partition coefficient (Wildman–Crippen LogP) is 3.24. The van der Waals surface area contributed by atoms with Crippen molar-refractivity contribution in [3.05, 3.63) is 58.9 Å². The number of aryl methyl sites for hydroxylation is 1. The van der Waals surface area contributed by atoms with Crippen LogP contribution in [0.5, 0.6) is 0 Å². The molecule has 0 saturated carbocycles. The summed E-state index contributed by atoms with van der Waals surface area (Å²) in [5, 5.41) is 6.81. The summed E-state index contributed by atoms with van der Waals surface area (Å²) in [4.78, 5) is 27.1. The number of ether oxygens (including phenoxy) is 1. The minimum absolute atomic E-state index is 0.0377. The van der Waals surface area contributed by atoms with E-state index in [4.69, 9.17) is 16.3 Å². The van der Waals surface area contributed by atoms with Crippen LogP contribution in [-0.4, -0.2) is 58.8 Å². The zero-order chi connectivity index (χ0) is 21.7. The molecular formula is C22H27ClN4O3. The molecule has 1 aromatic heterocycles. The first-order chi connectivity index (χ1) is 14.4. The van der Waals surface area contributed by atoms with Gasteiger partial charge in [0, 0.05) is 44.8 Å². The summed E-state index contributed by atoms with van der Waals surface area (Å²) >= 11 is 6.05. The van der Waals surface area contributed by atoms with Gasteiger partial charge in [-0.3, -0.25) is 9.59 Å². The normalized spacial score (nSPS) is 15.9. The van der Waals surface area contributed by atoms with Gasteiger partial charge in [0.05, 0.1) is 24.1 Å². The fourth-order valence-electron chi connectivity index (χ4n) is 3.55. The van der Waals surface area contributed by atoms with Crippen LogP contribution in [0.1, 0.15) is 37.1 Å². The molecule has 0 fully saturated rings. The summed E-state index contributed by atoms with van der Waals surface area (Å²) in [6, 6.07) is 11.1. The highest BCUT2D eigenvalue weighted by Crippen LogP contribution is 2.33. The molecule has 160 valence electrons. The van der Waals surface area contributed by atoms with Crippen molar-refractivity contribution in [3.63, 3.8) is 0 Å². The van der Waals surface area contributed by atoms with Gasteiger partial charge in [0.25, 0.3) is 5.91 Å². The van der Waals surface area contributed by atoms with Crippen LogP contribution in [0.15, 0.2) is 47.7 Å². The summed E-state index contributed by atoms with van der Waals surface area (Å²) in [7, 11) is 3.52. The molecule has 0 bridgehead atoms. The van der Waals surface area contributed by atoms with Crippen molar-refractivity contribution < 1.29 is 14.3 Å². The third-order valence-electron chi connectivity index (χ3n) is 5.21. The Kier molecular flexibility index (Phi) is 7.29. The van der Waals surface area contributed by atoms with Crippen LogP contribution >= 0.6 is 11.6 Å². The molecule has 2 aromatic rings. The number of carbonyl (C=O) groups excluding carboxylic acids is 2. The highest BCUT2D eigenvalue weighted by Gasteiger charge is 2.34. The van der Waals surface area contributed by atoms with Crippen molar-refractivity contribution >= 4 is 29.1 Å². The minimum atomic E-state index is -0.249. The van der Waals surface area contributed by atoms with Crippen LogP contribution < -0.4 is 0 Å². The Labute approximate surface area is 181 Å². The third-order valence-corrected chi connectivity index (χ3v) is 5.46. The Morgan fingerprint density at radius 3 is 2.60 bits per heavy atom. The number of hydrazone groups is 1. The molecule has 2 amide bonds. The van der Waals surface area contributed by atoms with Gasteiger partial charge in [0.15, 0.2) is 0 Å². The molecule has 0 spiro atoms. The Bertz CT molecular complexity index is 923. The maximum Gasteiger partial charge on any atom is 0.262 e. The standard InChI is InChI=1S/C22H27ClN4O3/c1-4-21(28)26(12-13-30-3)15-22(29)27-20(16-7-9-17(23)10-8-16)14-18(24-27)19-6-5-11-25(19)2/h5-11,20H,4,12-15H2,1-3H3/t20-/m0/s1. The Morgan fingerprint density at radius 1 is 1.27 bits per heavy atom. The second kappa shape index (κ2) is 9.91. The molecule has 1 aliphatic rings. The molecule has 0 aliphatic carbocycles. The summed E-state index contributed by atoms with van der Waals surface area (Å²) < 4.78 is 7.08. The zero-order valence-corrected chi connectivity index (χ0v) is 18.3. The van der Waals surface area contributed by atoms with Crippen LogP contribution in [-0.2, 0) is 21.4 Å². The second-order valence-electron chi connectivity index (χ2n) is 7.22. The van der Waals surface area contributed by atoms with E-state index in [2.05, 4.69) is 5.10 Å². The maximum atomic E-state index is 13.2. The van der Waals surface area contributed by atoms with Crippen molar-refractivity contribution in [2.75, 3.05) is 26.8 Å². The van der Waals surface area contributed by atoms with E-state index in [-0.39, 0.29) is 24.4 Å². The zero-order valence-electron chi connectivity index (χ0n) is 17.5. The molecule has 8 heteroatoms. The minimum Gasteiger partial charge on any atom is -0.383 e. The van der Waals surface area contributed by atoms with Gasteiger partial charge >= 0.3 is 0 Å². The number of methoxy groups -OCH3 is 1. The first-order valence-corrected chi connectivity index (χ1v) is 10.4. The molecule has 0 radical (unpaired) electrons. The Balaban J connectivity index is 1.88. The van der Waals surface area contributed by atoms with Crippen molar-refractivity contribution in [2.24, 2.45) is 12.1 Å². The Hall–Kier alpha value is -2.64. The Morgan fingerprint density at radius 2 is 2.00 bits per heavy atom.